The molecule has 0 aliphatic heterocycles. The minimum absolute atomic E-state index is 0.176. The highest BCUT2D eigenvalue weighted by atomic mass is 32.2. The lowest BCUT2D eigenvalue weighted by Crippen LogP contribution is -2.35. The number of sulfonamides is 1. The number of rotatable bonds is 8. The molecular formula is C28H31N3O5S. The van der Waals surface area contributed by atoms with Gasteiger partial charge < -0.3 is 9.47 Å². The molecule has 8 nitrogen and oxygen atoms in total. The molecule has 3 aromatic carbocycles. The van der Waals surface area contributed by atoms with Gasteiger partial charge in [0.05, 0.1) is 41.7 Å². The van der Waals surface area contributed by atoms with Crippen LogP contribution in [0.25, 0.3) is 16.6 Å². The second-order valence-electron chi connectivity index (χ2n) is 9.11. The summed E-state index contributed by atoms with van der Waals surface area (Å²) >= 11 is 0. The van der Waals surface area contributed by atoms with E-state index in [2.05, 4.69) is 13.8 Å². The normalized spacial score (nSPS) is 12.8. The summed E-state index contributed by atoms with van der Waals surface area (Å²) in [5.74, 6) is 1.73. The number of ether oxygens (including phenoxy) is 2. The van der Waals surface area contributed by atoms with E-state index in [-0.39, 0.29) is 22.2 Å². The predicted octanol–water partition coefficient (Wildman–Crippen LogP) is 4.91. The molecule has 1 heterocycles. The largest absolute Gasteiger partial charge is 0.497 e. The van der Waals surface area contributed by atoms with Crippen LogP contribution < -0.4 is 15.0 Å². The van der Waals surface area contributed by atoms with Crippen molar-refractivity contribution in [1.29, 1.82) is 0 Å². The van der Waals surface area contributed by atoms with Crippen molar-refractivity contribution < 1.29 is 17.9 Å². The number of hydrogen-bond donors (Lipinski definition) is 0. The summed E-state index contributed by atoms with van der Waals surface area (Å²) in [5, 5.41) is 0.362. The zero-order valence-corrected chi connectivity index (χ0v) is 22.6. The van der Waals surface area contributed by atoms with Gasteiger partial charge >= 0.3 is 0 Å². The topological polar surface area (TPSA) is 90.7 Å². The van der Waals surface area contributed by atoms with E-state index in [1.54, 1.807) is 68.6 Å². The predicted molar refractivity (Wildman–Crippen MR) is 144 cm³/mol. The zero-order valence-electron chi connectivity index (χ0n) is 21.8. The fraction of sp³-hybridized carbons (Fsp3) is 0.286. The van der Waals surface area contributed by atoms with Gasteiger partial charge in [0.2, 0.25) is 10.0 Å². The van der Waals surface area contributed by atoms with E-state index in [1.807, 2.05) is 12.1 Å². The van der Waals surface area contributed by atoms with Crippen LogP contribution in [-0.2, 0) is 10.0 Å². The third-order valence-corrected chi connectivity index (χ3v) is 8.52. The number of fused-ring (bicyclic) bond motifs is 1. The van der Waals surface area contributed by atoms with Gasteiger partial charge in [0.15, 0.2) is 0 Å². The molecule has 1 atom stereocenters. The lowest BCUT2D eigenvalue weighted by molar-refractivity contribution is 0.379. The average molecular weight is 522 g/mol. The Morgan fingerprint density at radius 3 is 2.03 bits per heavy atom. The third-order valence-electron chi connectivity index (χ3n) is 6.57. The number of methoxy groups -OCH3 is 2. The van der Waals surface area contributed by atoms with E-state index in [1.165, 1.54) is 23.0 Å². The monoisotopic (exact) mass is 521 g/mol. The Balaban J connectivity index is 1.87. The summed E-state index contributed by atoms with van der Waals surface area (Å²) in [5.41, 5.74) is 1.71. The van der Waals surface area contributed by atoms with Crippen molar-refractivity contribution in [3.8, 4) is 17.2 Å². The van der Waals surface area contributed by atoms with Gasteiger partial charge in [-0.3, -0.25) is 9.36 Å². The van der Waals surface area contributed by atoms with Gasteiger partial charge in [-0.15, -0.1) is 0 Å². The van der Waals surface area contributed by atoms with Crippen molar-refractivity contribution in [1.82, 2.24) is 13.9 Å². The summed E-state index contributed by atoms with van der Waals surface area (Å²) in [4.78, 5) is 18.7. The molecule has 0 aliphatic rings. The fourth-order valence-electron chi connectivity index (χ4n) is 4.13. The van der Waals surface area contributed by atoms with Crippen molar-refractivity contribution in [3.05, 3.63) is 88.5 Å². The first-order valence-electron chi connectivity index (χ1n) is 11.9. The molecule has 0 fully saturated rings. The molecule has 0 saturated heterocycles. The molecule has 1 unspecified atom stereocenters. The van der Waals surface area contributed by atoms with Gasteiger partial charge in [0.1, 0.15) is 17.3 Å². The van der Waals surface area contributed by atoms with Gasteiger partial charge in [-0.2, -0.15) is 4.31 Å². The SMILES string of the molecule is COc1ccc(-n2c(C(C)N(C)S(=O)(=O)c3ccc(C(C)C)cc3)nc3ccc(OC)cc3c2=O)cc1. The summed E-state index contributed by atoms with van der Waals surface area (Å²) in [6.45, 7) is 5.82. The Morgan fingerprint density at radius 1 is 0.865 bits per heavy atom. The van der Waals surface area contributed by atoms with Crippen LogP contribution in [0, 0.1) is 0 Å². The molecule has 0 radical (unpaired) electrons. The lowest BCUT2D eigenvalue weighted by Gasteiger charge is -2.26. The Morgan fingerprint density at radius 2 is 1.46 bits per heavy atom. The molecule has 9 heteroatoms. The molecule has 4 aromatic rings. The first kappa shape index (κ1) is 26.4. The van der Waals surface area contributed by atoms with Crippen LogP contribution in [0.15, 0.2) is 76.4 Å². The minimum Gasteiger partial charge on any atom is -0.497 e. The van der Waals surface area contributed by atoms with Crippen LogP contribution in [0.1, 0.15) is 44.1 Å². The van der Waals surface area contributed by atoms with E-state index in [9.17, 15) is 13.2 Å². The Labute approximate surface area is 217 Å². The maximum atomic E-state index is 13.8. The summed E-state index contributed by atoms with van der Waals surface area (Å²) in [6, 6.07) is 18.1. The summed E-state index contributed by atoms with van der Waals surface area (Å²) in [7, 11) is 0.712. The number of hydrogen-bond acceptors (Lipinski definition) is 6. The first-order chi connectivity index (χ1) is 17.6. The molecular weight excluding hydrogens is 490 g/mol. The Kier molecular flexibility index (Phi) is 7.38. The van der Waals surface area contributed by atoms with Crippen LogP contribution in [0.2, 0.25) is 0 Å². The highest BCUT2D eigenvalue weighted by Crippen LogP contribution is 2.29. The highest BCUT2D eigenvalue weighted by Gasteiger charge is 2.30. The van der Waals surface area contributed by atoms with E-state index >= 15 is 0 Å². The van der Waals surface area contributed by atoms with Crippen LogP contribution in [0.3, 0.4) is 0 Å². The van der Waals surface area contributed by atoms with Crippen LogP contribution in [0.4, 0.5) is 0 Å². The molecule has 0 spiro atoms. The second-order valence-corrected chi connectivity index (χ2v) is 11.1. The molecule has 37 heavy (non-hydrogen) atoms. The zero-order chi connectivity index (χ0) is 26.9. The summed E-state index contributed by atoms with van der Waals surface area (Å²) in [6.07, 6.45) is 0. The molecule has 0 amide bonds. The van der Waals surface area contributed by atoms with E-state index < -0.39 is 16.1 Å². The first-order valence-corrected chi connectivity index (χ1v) is 13.4. The molecule has 1 aromatic heterocycles. The maximum Gasteiger partial charge on any atom is 0.266 e. The smallest absolute Gasteiger partial charge is 0.266 e. The van der Waals surface area contributed by atoms with Crippen molar-refractivity contribution in [2.75, 3.05) is 21.3 Å². The van der Waals surface area contributed by atoms with E-state index in [0.29, 0.717) is 28.1 Å². The molecule has 4 rings (SSSR count). The lowest BCUT2D eigenvalue weighted by atomic mass is 10.0. The van der Waals surface area contributed by atoms with Gasteiger partial charge in [-0.1, -0.05) is 26.0 Å². The fourth-order valence-corrected chi connectivity index (χ4v) is 5.45. The van der Waals surface area contributed by atoms with Gasteiger partial charge in [-0.05, 0) is 73.0 Å². The van der Waals surface area contributed by atoms with Crippen LogP contribution >= 0.6 is 0 Å². The van der Waals surface area contributed by atoms with Crippen molar-refractivity contribution >= 4 is 20.9 Å². The van der Waals surface area contributed by atoms with Gasteiger partial charge in [-0.25, -0.2) is 13.4 Å². The molecule has 0 saturated carbocycles. The Hall–Kier alpha value is -3.69. The van der Waals surface area contributed by atoms with E-state index in [0.717, 1.165) is 5.56 Å². The third kappa shape index (κ3) is 4.97. The van der Waals surface area contributed by atoms with Crippen molar-refractivity contribution in [2.45, 2.75) is 37.6 Å². The van der Waals surface area contributed by atoms with E-state index in [4.69, 9.17) is 14.5 Å². The standard InChI is InChI=1S/C28H31N3O5S/c1-18(2)20-7-14-24(15-8-20)37(33,34)30(4)19(3)27-29-26-16-13-23(36-6)17-25(26)28(32)31(27)21-9-11-22(35-5)12-10-21/h7-19H,1-6H3. The van der Waals surface area contributed by atoms with Crippen LogP contribution in [0.5, 0.6) is 11.5 Å². The summed E-state index contributed by atoms with van der Waals surface area (Å²) < 4.78 is 40.4. The highest BCUT2D eigenvalue weighted by molar-refractivity contribution is 7.89. The minimum atomic E-state index is -3.88. The second kappa shape index (κ2) is 10.4. The maximum absolute atomic E-state index is 13.8. The average Bonchev–Trinajstić information content (AvgIpc) is 2.92. The van der Waals surface area contributed by atoms with Gasteiger partial charge in [0, 0.05) is 7.05 Å². The quantitative estimate of drug-likeness (QED) is 0.327. The molecule has 194 valence electrons. The van der Waals surface area contributed by atoms with Crippen molar-refractivity contribution in [2.24, 2.45) is 0 Å². The van der Waals surface area contributed by atoms with Crippen LogP contribution in [-0.4, -0.2) is 43.5 Å². The number of nitrogens with zero attached hydrogens (tertiary/aromatic N) is 3. The molecule has 0 N–H and O–H groups in total. The molecule has 0 bridgehead atoms. The van der Waals surface area contributed by atoms with Crippen molar-refractivity contribution in [3.63, 3.8) is 0 Å². The van der Waals surface area contributed by atoms with Gasteiger partial charge in [0.25, 0.3) is 5.56 Å². The number of benzene rings is 3. The molecule has 0 aliphatic carbocycles. The number of aromatic nitrogens is 2. The Bertz CT molecular complexity index is 1580.